The summed E-state index contributed by atoms with van der Waals surface area (Å²) in [7, 11) is 2.10. The van der Waals surface area contributed by atoms with Gasteiger partial charge in [0.25, 0.3) is 0 Å². The van der Waals surface area contributed by atoms with E-state index in [1.165, 1.54) is 22.3 Å². The lowest BCUT2D eigenvalue weighted by Crippen LogP contribution is -2.31. The Morgan fingerprint density at radius 1 is 0.828 bits per heavy atom. The fourth-order valence-corrected chi connectivity index (χ4v) is 4.27. The van der Waals surface area contributed by atoms with E-state index in [2.05, 4.69) is 85.2 Å². The molecule has 0 N–H and O–H groups in total. The molecule has 0 amide bonds. The van der Waals surface area contributed by atoms with Gasteiger partial charge in [0.1, 0.15) is 7.05 Å². The molecule has 0 saturated carbocycles. The molecule has 0 fully saturated rings. The minimum Gasteiger partial charge on any atom is -0.437 e. The van der Waals surface area contributed by atoms with E-state index in [-0.39, 0.29) is 0 Å². The molecule has 3 aromatic heterocycles. The Balaban J connectivity index is 1.78. The Kier molecular flexibility index (Phi) is 3.99. The number of hydrogen-bond donors (Lipinski definition) is 0. The molecule has 5 aromatic rings. The standard InChI is InChI=1S/C26H23N2O/c1-16-14-17(2)24(25-23(16)21-12-10-18(3)27-26(21)29-25)22-13-11-20(15-28(22)4)19-8-6-5-7-9-19/h5-15H,1-4H3/q+1. The molecule has 3 nitrogen and oxygen atoms in total. The van der Waals surface area contributed by atoms with Crippen LogP contribution in [-0.4, -0.2) is 4.98 Å². The second kappa shape index (κ2) is 6.56. The maximum absolute atomic E-state index is 6.33. The summed E-state index contributed by atoms with van der Waals surface area (Å²) < 4.78 is 8.51. The number of rotatable bonds is 2. The Bertz CT molecular complexity index is 1380. The molecule has 3 heteroatoms. The fraction of sp³-hybridized carbons (Fsp3) is 0.154. The van der Waals surface area contributed by atoms with Gasteiger partial charge in [-0.3, -0.25) is 0 Å². The van der Waals surface area contributed by atoms with Crippen molar-refractivity contribution in [3.63, 3.8) is 0 Å². The van der Waals surface area contributed by atoms with Crippen molar-refractivity contribution in [2.75, 3.05) is 0 Å². The molecule has 3 heterocycles. The van der Waals surface area contributed by atoms with Gasteiger partial charge in [-0.05, 0) is 55.7 Å². The third-order valence-electron chi connectivity index (χ3n) is 5.64. The number of pyridine rings is 2. The normalized spacial score (nSPS) is 11.4. The highest BCUT2D eigenvalue weighted by Gasteiger charge is 2.23. The largest absolute Gasteiger partial charge is 0.437 e. The number of furan rings is 1. The van der Waals surface area contributed by atoms with Gasteiger partial charge in [0.05, 0.1) is 5.56 Å². The van der Waals surface area contributed by atoms with Crippen LogP contribution in [0.3, 0.4) is 0 Å². The van der Waals surface area contributed by atoms with E-state index in [1.807, 2.05) is 19.1 Å². The molecule has 0 aliphatic carbocycles. The van der Waals surface area contributed by atoms with Gasteiger partial charge in [0, 0.05) is 28.1 Å². The van der Waals surface area contributed by atoms with Gasteiger partial charge >= 0.3 is 0 Å². The number of fused-ring (bicyclic) bond motifs is 3. The molecule has 2 aromatic carbocycles. The zero-order chi connectivity index (χ0) is 20.1. The second-order valence-electron chi connectivity index (χ2n) is 7.78. The molecule has 142 valence electrons. The van der Waals surface area contributed by atoms with Crippen molar-refractivity contribution in [3.8, 4) is 22.4 Å². The second-order valence-corrected chi connectivity index (χ2v) is 7.78. The first-order valence-corrected chi connectivity index (χ1v) is 9.88. The van der Waals surface area contributed by atoms with Crippen molar-refractivity contribution >= 4 is 22.1 Å². The molecule has 0 unspecified atom stereocenters. The summed E-state index contributed by atoms with van der Waals surface area (Å²) >= 11 is 0. The summed E-state index contributed by atoms with van der Waals surface area (Å²) in [5.41, 5.74) is 9.67. The number of aromatic nitrogens is 2. The van der Waals surface area contributed by atoms with Crippen molar-refractivity contribution in [1.82, 2.24) is 4.98 Å². The van der Waals surface area contributed by atoms with Crippen molar-refractivity contribution in [3.05, 3.63) is 83.7 Å². The summed E-state index contributed by atoms with van der Waals surface area (Å²) in [5, 5.41) is 2.23. The third-order valence-corrected chi connectivity index (χ3v) is 5.64. The molecular formula is C26H23N2O+. The van der Waals surface area contributed by atoms with Crippen LogP contribution >= 0.6 is 0 Å². The Morgan fingerprint density at radius 2 is 1.62 bits per heavy atom. The molecule has 0 aliphatic rings. The highest BCUT2D eigenvalue weighted by molar-refractivity contribution is 6.10. The zero-order valence-electron chi connectivity index (χ0n) is 17.2. The molecule has 29 heavy (non-hydrogen) atoms. The Hall–Kier alpha value is -3.46. The highest BCUT2D eigenvalue weighted by atomic mass is 16.3. The van der Waals surface area contributed by atoms with Crippen molar-refractivity contribution in [2.24, 2.45) is 7.05 Å². The van der Waals surface area contributed by atoms with Crippen LogP contribution in [0.5, 0.6) is 0 Å². The van der Waals surface area contributed by atoms with Crippen molar-refractivity contribution in [2.45, 2.75) is 20.8 Å². The minimum absolute atomic E-state index is 0.707. The Labute approximate surface area is 170 Å². The molecule has 5 rings (SSSR count). The lowest BCUT2D eigenvalue weighted by Gasteiger charge is -2.09. The summed E-state index contributed by atoms with van der Waals surface area (Å²) in [6.07, 6.45) is 2.18. The molecule has 0 aliphatic heterocycles. The van der Waals surface area contributed by atoms with E-state index in [4.69, 9.17) is 4.42 Å². The molecule has 0 saturated heterocycles. The number of benzene rings is 2. The van der Waals surface area contributed by atoms with Crippen LogP contribution < -0.4 is 4.57 Å². The van der Waals surface area contributed by atoms with Crippen LogP contribution in [0.4, 0.5) is 0 Å². The van der Waals surface area contributed by atoms with Crippen molar-refractivity contribution in [1.29, 1.82) is 0 Å². The van der Waals surface area contributed by atoms with Crippen LogP contribution in [-0.2, 0) is 7.05 Å². The summed E-state index contributed by atoms with van der Waals surface area (Å²) in [6.45, 7) is 6.29. The van der Waals surface area contributed by atoms with Crippen LogP contribution in [0.2, 0.25) is 0 Å². The van der Waals surface area contributed by atoms with E-state index in [0.717, 1.165) is 33.3 Å². The van der Waals surface area contributed by atoms with Crippen LogP contribution in [0.1, 0.15) is 16.8 Å². The maximum Gasteiger partial charge on any atom is 0.227 e. The molecule has 0 radical (unpaired) electrons. The minimum atomic E-state index is 0.707. The monoisotopic (exact) mass is 379 g/mol. The molecule has 0 spiro atoms. The summed E-state index contributed by atoms with van der Waals surface area (Å²) in [4.78, 5) is 4.62. The fourth-order valence-electron chi connectivity index (χ4n) is 4.27. The quantitative estimate of drug-likeness (QED) is 0.349. The topological polar surface area (TPSA) is 29.9 Å². The lowest BCUT2D eigenvalue weighted by molar-refractivity contribution is -0.659. The number of aryl methyl sites for hydroxylation is 4. The highest BCUT2D eigenvalue weighted by Crippen LogP contribution is 2.38. The van der Waals surface area contributed by atoms with Gasteiger partial charge in [-0.1, -0.05) is 36.4 Å². The SMILES string of the molecule is Cc1ccc2c(n1)oc1c(-c3ccc(-c4ccccc4)c[n+]3C)c(C)cc(C)c12. The van der Waals surface area contributed by atoms with E-state index < -0.39 is 0 Å². The van der Waals surface area contributed by atoms with Gasteiger partial charge in [-0.2, -0.15) is 0 Å². The van der Waals surface area contributed by atoms with E-state index >= 15 is 0 Å². The average molecular weight is 379 g/mol. The maximum atomic E-state index is 6.33. The number of nitrogens with zero attached hydrogens (tertiary/aromatic N) is 2. The number of hydrogen-bond acceptors (Lipinski definition) is 2. The van der Waals surface area contributed by atoms with Gasteiger partial charge < -0.3 is 4.42 Å². The summed E-state index contributed by atoms with van der Waals surface area (Å²) in [6, 6.07) is 21.2. The molecule has 0 atom stereocenters. The van der Waals surface area contributed by atoms with Gasteiger partial charge in [0.15, 0.2) is 11.8 Å². The lowest BCUT2D eigenvalue weighted by atomic mass is 9.96. The average Bonchev–Trinajstić information content (AvgIpc) is 3.08. The van der Waals surface area contributed by atoms with Gasteiger partial charge in [-0.25, -0.2) is 9.55 Å². The van der Waals surface area contributed by atoms with E-state index in [9.17, 15) is 0 Å². The first kappa shape index (κ1) is 17.6. The predicted octanol–water partition coefficient (Wildman–Crippen LogP) is 6.06. The van der Waals surface area contributed by atoms with Crippen molar-refractivity contribution < 1.29 is 8.98 Å². The third kappa shape index (κ3) is 2.82. The van der Waals surface area contributed by atoms with E-state index in [0.29, 0.717) is 5.71 Å². The smallest absolute Gasteiger partial charge is 0.227 e. The molecule has 0 bridgehead atoms. The first-order valence-electron chi connectivity index (χ1n) is 9.88. The van der Waals surface area contributed by atoms with Crippen LogP contribution in [0.15, 0.2) is 71.3 Å². The van der Waals surface area contributed by atoms with Crippen LogP contribution in [0, 0.1) is 20.8 Å². The zero-order valence-corrected chi connectivity index (χ0v) is 17.2. The summed E-state index contributed by atoms with van der Waals surface area (Å²) in [5.74, 6) is 0. The first-order chi connectivity index (χ1) is 14.0. The van der Waals surface area contributed by atoms with E-state index in [1.54, 1.807) is 0 Å². The van der Waals surface area contributed by atoms with Gasteiger partial charge in [-0.15, -0.1) is 0 Å². The molecular weight excluding hydrogens is 356 g/mol. The Morgan fingerprint density at radius 3 is 2.38 bits per heavy atom. The predicted molar refractivity (Wildman–Crippen MR) is 118 cm³/mol. The van der Waals surface area contributed by atoms with Crippen LogP contribution in [0.25, 0.3) is 44.5 Å². The van der Waals surface area contributed by atoms with Gasteiger partial charge in [0.2, 0.25) is 11.4 Å².